The minimum atomic E-state index is -0.0729. The summed E-state index contributed by atoms with van der Waals surface area (Å²) in [5, 5.41) is 15.6. The molecule has 0 amide bonds. The fraction of sp³-hybridized carbons (Fsp3) is 0.870. The van der Waals surface area contributed by atoms with Crippen molar-refractivity contribution in [2.24, 2.45) is 0 Å². The molecule has 4 unspecified atom stereocenters. The molecule has 4 aliphatic rings. The summed E-state index contributed by atoms with van der Waals surface area (Å²) in [6.07, 6.45) is 11.7. The monoisotopic (exact) mass is 755 g/mol. The van der Waals surface area contributed by atoms with Crippen LogP contribution < -0.4 is 40.2 Å². The lowest BCUT2D eigenvalue weighted by Gasteiger charge is -2.35. The summed E-state index contributed by atoms with van der Waals surface area (Å²) in [5.41, 5.74) is -0.170. The lowest BCUT2D eigenvalue weighted by molar-refractivity contribution is 0.114. The molecule has 4 heterocycles. The maximum atomic E-state index is 7.18. The molecule has 0 saturated carbocycles. The lowest BCUT2D eigenvalue weighted by atomic mass is 9.96. The first-order valence-corrected chi connectivity index (χ1v) is 21.5. The van der Waals surface area contributed by atoms with Gasteiger partial charge in [0.2, 0.25) is 0 Å². The zero-order chi connectivity index (χ0) is 40.2. The van der Waals surface area contributed by atoms with Gasteiger partial charge in [-0.25, -0.2) is 0 Å². The van der Waals surface area contributed by atoms with Crippen molar-refractivity contribution in [3.8, 4) is 23.0 Å². The van der Waals surface area contributed by atoms with E-state index in [-0.39, 0.29) is 68.7 Å². The Hall–Kier alpha value is -1.74. The predicted octanol–water partition coefficient (Wildman–Crippen LogP) is 10.00. The van der Waals surface area contributed by atoms with E-state index < -0.39 is 0 Å². The molecular weight excluding hydrogens is 673 g/mol. The number of ether oxygens (including phenoxy) is 4. The smallest absolute Gasteiger partial charge is 0.165 e. The second-order valence-corrected chi connectivity index (χ2v) is 23.2. The molecule has 310 valence electrons. The predicted molar refractivity (Wildman–Crippen MR) is 225 cm³/mol. The van der Waals surface area contributed by atoms with Crippen LogP contribution in [0.25, 0.3) is 0 Å². The molecule has 4 fully saturated rings. The Morgan fingerprint density at radius 2 is 0.519 bits per heavy atom. The van der Waals surface area contributed by atoms with E-state index in [1.165, 1.54) is 0 Å². The Morgan fingerprint density at radius 3 is 0.704 bits per heavy atom. The average molecular weight is 755 g/mol. The summed E-state index contributed by atoms with van der Waals surface area (Å²) >= 11 is 0. The number of hydrogen-bond acceptors (Lipinski definition) is 8. The molecule has 0 aliphatic carbocycles. The van der Waals surface area contributed by atoms with Gasteiger partial charge in [0, 0.05) is 82.1 Å². The molecule has 4 saturated heterocycles. The summed E-state index contributed by atoms with van der Waals surface area (Å²) in [5.74, 6) is 3.06. The van der Waals surface area contributed by atoms with E-state index in [2.05, 4.69) is 144 Å². The third kappa shape index (κ3) is 12.6. The van der Waals surface area contributed by atoms with Crippen LogP contribution in [0.15, 0.2) is 12.1 Å². The Kier molecular flexibility index (Phi) is 12.2. The average Bonchev–Trinajstić information content (AvgIpc) is 3.24. The van der Waals surface area contributed by atoms with Gasteiger partial charge in [0.1, 0.15) is 24.4 Å². The maximum absolute atomic E-state index is 7.18. The van der Waals surface area contributed by atoms with Gasteiger partial charge in [-0.05, 0) is 162 Å². The van der Waals surface area contributed by atoms with Crippen LogP contribution in [-0.2, 0) is 0 Å². The Morgan fingerprint density at radius 1 is 0.333 bits per heavy atom. The van der Waals surface area contributed by atoms with Crippen LogP contribution in [0.3, 0.4) is 0 Å². The summed E-state index contributed by atoms with van der Waals surface area (Å²) < 4.78 is 28.7. The van der Waals surface area contributed by atoms with Gasteiger partial charge in [-0.2, -0.15) is 0 Å². The van der Waals surface area contributed by atoms with Gasteiger partial charge in [-0.15, -0.1) is 0 Å². The van der Waals surface area contributed by atoms with Crippen LogP contribution in [0.5, 0.6) is 23.0 Å². The first kappa shape index (κ1) is 43.4. The van der Waals surface area contributed by atoms with Gasteiger partial charge in [-0.1, -0.05) is 0 Å². The number of nitrogens with one attached hydrogen (secondary N) is 4. The van der Waals surface area contributed by atoms with Crippen molar-refractivity contribution in [2.75, 3.05) is 0 Å². The summed E-state index contributed by atoms with van der Waals surface area (Å²) in [4.78, 5) is 0. The number of benzene rings is 1. The van der Waals surface area contributed by atoms with E-state index in [1.807, 2.05) is 0 Å². The van der Waals surface area contributed by atoms with Crippen molar-refractivity contribution in [1.29, 1.82) is 0 Å². The SMILES string of the molecule is CC1(C)CCC(Oc2cc(OC3CCC(C)(C)NC(C)(C)C3)c(OC3CCC(C)(C)NC(C)(C)C3)cc2OC2CCC(C)(C)NC(C)(C)C2)CC(C)(C)N1. The molecular formula is C46H82N4O4. The summed E-state index contributed by atoms with van der Waals surface area (Å²) in [6, 6.07) is 4.26. The van der Waals surface area contributed by atoms with Crippen molar-refractivity contribution < 1.29 is 18.9 Å². The molecule has 4 N–H and O–H groups in total. The highest BCUT2D eigenvalue weighted by molar-refractivity contribution is 5.55. The van der Waals surface area contributed by atoms with E-state index in [9.17, 15) is 0 Å². The second-order valence-electron chi connectivity index (χ2n) is 23.2. The normalized spacial score (nSPS) is 32.4. The topological polar surface area (TPSA) is 85.0 Å². The van der Waals surface area contributed by atoms with Crippen molar-refractivity contribution in [3.63, 3.8) is 0 Å². The lowest BCUT2D eigenvalue weighted by Crippen LogP contribution is -2.51. The van der Waals surface area contributed by atoms with Gasteiger partial charge in [0.15, 0.2) is 23.0 Å². The largest absolute Gasteiger partial charge is 0.486 e. The minimum Gasteiger partial charge on any atom is -0.486 e. The van der Waals surface area contributed by atoms with Gasteiger partial charge in [0.25, 0.3) is 0 Å². The summed E-state index contributed by atoms with van der Waals surface area (Å²) in [7, 11) is 0. The van der Waals surface area contributed by atoms with Crippen LogP contribution in [-0.4, -0.2) is 68.7 Å². The highest BCUT2D eigenvalue weighted by Crippen LogP contribution is 2.46. The fourth-order valence-corrected chi connectivity index (χ4v) is 10.9. The first-order valence-electron chi connectivity index (χ1n) is 21.5. The third-order valence-electron chi connectivity index (χ3n) is 12.2. The number of rotatable bonds is 8. The Labute approximate surface area is 331 Å². The van der Waals surface area contributed by atoms with Gasteiger partial charge in [-0.3, -0.25) is 0 Å². The van der Waals surface area contributed by atoms with Crippen molar-refractivity contribution in [1.82, 2.24) is 21.3 Å². The van der Waals surface area contributed by atoms with E-state index >= 15 is 0 Å². The van der Waals surface area contributed by atoms with E-state index in [0.29, 0.717) is 0 Å². The minimum absolute atomic E-state index is 0.0280. The van der Waals surface area contributed by atoms with Crippen LogP contribution in [0, 0.1) is 0 Å². The molecule has 54 heavy (non-hydrogen) atoms. The van der Waals surface area contributed by atoms with E-state index in [1.54, 1.807) is 0 Å². The second kappa shape index (κ2) is 15.2. The van der Waals surface area contributed by atoms with Gasteiger partial charge < -0.3 is 40.2 Å². The maximum Gasteiger partial charge on any atom is 0.165 e. The molecule has 1 aromatic carbocycles. The van der Waals surface area contributed by atoms with Gasteiger partial charge >= 0.3 is 0 Å². The molecule has 1 aromatic rings. The molecule has 0 aromatic heterocycles. The zero-order valence-corrected chi connectivity index (χ0v) is 37.6. The molecule has 5 rings (SSSR count). The zero-order valence-electron chi connectivity index (χ0n) is 37.6. The molecule has 0 spiro atoms. The highest BCUT2D eigenvalue weighted by Gasteiger charge is 2.40. The molecule has 0 bridgehead atoms. The van der Waals surface area contributed by atoms with Crippen LogP contribution in [0.2, 0.25) is 0 Å². The first-order chi connectivity index (χ1) is 24.5. The van der Waals surface area contributed by atoms with Crippen LogP contribution in [0.4, 0.5) is 0 Å². The molecule has 4 atom stereocenters. The molecule has 8 nitrogen and oxygen atoms in total. The number of hydrogen-bond donors (Lipinski definition) is 4. The van der Waals surface area contributed by atoms with E-state index in [0.717, 1.165) is 100 Å². The molecule has 0 radical (unpaired) electrons. The van der Waals surface area contributed by atoms with Crippen molar-refractivity contribution in [2.45, 2.75) is 257 Å². The Bertz CT molecular complexity index is 1230. The van der Waals surface area contributed by atoms with Crippen LogP contribution >= 0.6 is 0 Å². The van der Waals surface area contributed by atoms with Gasteiger partial charge in [0.05, 0.1) is 0 Å². The highest BCUT2D eigenvalue weighted by atomic mass is 16.5. The fourth-order valence-electron chi connectivity index (χ4n) is 10.9. The Balaban J connectivity index is 1.58. The quantitative estimate of drug-likeness (QED) is 0.209. The molecule has 4 aliphatic heterocycles. The van der Waals surface area contributed by atoms with Crippen LogP contribution in [0.1, 0.15) is 188 Å². The standard InChI is InChI=1S/C46H82N4O4/c1-39(2)21-17-31(27-43(9,10)47-39)51-35-25-37(53-33-19-23-41(5,6)49-45(13,14)29-33)38(54-34-20-24-42(7,8)50-46(15,16)30-34)26-36(35)52-32-18-22-40(3,4)48-44(11,12)28-32/h25-26,31-34,47-50H,17-24,27-30H2,1-16H3. The van der Waals surface area contributed by atoms with Crippen molar-refractivity contribution >= 4 is 0 Å². The van der Waals surface area contributed by atoms with E-state index in [4.69, 9.17) is 18.9 Å². The molecule has 8 heteroatoms. The third-order valence-corrected chi connectivity index (χ3v) is 12.2. The summed E-state index contributed by atoms with van der Waals surface area (Å²) in [6.45, 7) is 36.9. The van der Waals surface area contributed by atoms with Crippen molar-refractivity contribution in [3.05, 3.63) is 12.1 Å².